The van der Waals surface area contributed by atoms with Crippen LogP contribution in [0.4, 0.5) is 5.95 Å². The van der Waals surface area contributed by atoms with E-state index < -0.39 is 10.0 Å². The molecule has 4 rings (SSSR count). The minimum absolute atomic E-state index is 0.0159. The minimum atomic E-state index is -3.90. The monoisotopic (exact) mass is 456 g/mol. The Bertz CT molecular complexity index is 1220. The lowest BCUT2D eigenvalue weighted by Crippen LogP contribution is -2.17. The quantitative estimate of drug-likeness (QED) is 0.559. The molecule has 0 bridgehead atoms. The standard InChI is InChI=1S/C21H24N6O4S/c1-22-20(28)15-7-9-16(10-8-15)31-19-11-18(14-5-3-4-6-14)24-21(25-19)26-32(29,30)17-12-23-27(2)13-17/h7-14H,3-6H2,1-2H3,(H,22,28)(H,24,25,26). The van der Waals surface area contributed by atoms with Gasteiger partial charge in [-0.3, -0.25) is 9.48 Å². The molecule has 1 saturated carbocycles. The SMILES string of the molecule is CNC(=O)c1ccc(Oc2cc(C3CCCC3)nc(NS(=O)(=O)c3cnn(C)c3)n2)cc1. The molecule has 11 heteroatoms. The first-order valence-corrected chi connectivity index (χ1v) is 11.7. The largest absolute Gasteiger partial charge is 0.439 e. The van der Waals surface area contributed by atoms with Crippen LogP contribution in [0.25, 0.3) is 0 Å². The predicted octanol–water partition coefficient (Wildman–Crippen LogP) is 2.82. The zero-order valence-corrected chi connectivity index (χ0v) is 18.6. The fraction of sp³-hybridized carbons (Fsp3) is 0.333. The summed E-state index contributed by atoms with van der Waals surface area (Å²) in [5, 5.41) is 6.47. The van der Waals surface area contributed by atoms with E-state index in [2.05, 4.69) is 25.1 Å². The number of amides is 1. The van der Waals surface area contributed by atoms with E-state index in [-0.39, 0.29) is 28.5 Å². The maximum Gasteiger partial charge on any atom is 0.267 e. The Morgan fingerprint density at radius 3 is 2.50 bits per heavy atom. The maximum absolute atomic E-state index is 12.7. The summed E-state index contributed by atoms with van der Waals surface area (Å²) in [5.41, 5.74) is 1.23. The zero-order valence-electron chi connectivity index (χ0n) is 17.8. The second kappa shape index (κ2) is 8.95. The highest BCUT2D eigenvalue weighted by Crippen LogP contribution is 2.35. The van der Waals surface area contributed by atoms with E-state index in [1.807, 2.05) is 0 Å². The molecule has 2 N–H and O–H groups in total. The number of aromatic nitrogens is 4. The Labute approximate surface area is 186 Å². The number of ether oxygens (including phenoxy) is 1. The third-order valence-electron chi connectivity index (χ3n) is 5.28. The molecular weight excluding hydrogens is 432 g/mol. The van der Waals surface area contributed by atoms with E-state index in [1.54, 1.807) is 44.4 Å². The van der Waals surface area contributed by atoms with E-state index >= 15 is 0 Å². The van der Waals surface area contributed by atoms with Crippen LogP contribution < -0.4 is 14.8 Å². The summed E-state index contributed by atoms with van der Waals surface area (Å²) in [7, 11) is -0.701. The van der Waals surface area contributed by atoms with Crippen molar-refractivity contribution in [2.75, 3.05) is 11.8 Å². The van der Waals surface area contributed by atoms with Crippen molar-refractivity contribution in [2.45, 2.75) is 36.5 Å². The summed E-state index contributed by atoms with van der Waals surface area (Å²) >= 11 is 0. The average molecular weight is 457 g/mol. The van der Waals surface area contributed by atoms with Gasteiger partial charge in [-0.05, 0) is 37.1 Å². The summed E-state index contributed by atoms with van der Waals surface area (Å²) in [6.07, 6.45) is 6.81. The molecule has 1 aliphatic carbocycles. The number of aryl methyl sites for hydroxylation is 1. The first-order valence-electron chi connectivity index (χ1n) is 10.2. The topological polar surface area (TPSA) is 128 Å². The Kier molecular flexibility index (Phi) is 6.08. The van der Waals surface area contributed by atoms with Crippen LogP contribution in [0.3, 0.4) is 0 Å². The second-order valence-corrected chi connectivity index (χ2v) is 9.28. The lowest BCUT2D eigenvalue weighted by molar-refractivity contribution is 0.0963. The third kappa shape index (κ3) is 4.88. The molecule has 0 atom stereocenters. The van der Waals surface area contributed by atoms with Crippen molar-refractivity contribution in [2.24, 2.45) is 7.05 Å². The van der Waals surface area contributed by atoms with Crippen molar-refractivity contribution in [1.82, 2.24) is 25.1 Å². The van der Waals surface area contributed by atoms with Crippen LogP contribution in [0.2, 0.25) is 0 Å². The Morgan fingerprint density at radius 1 is 1.16 bits per heavy atom. The Hall–Kier alpha value is -3.47. The molecule has 1 amide bonds. The van der Waals surface area contributed by atoms with Gasteiger partial charge in [0.05, 0.1) is 11.9 Å². The van der Waals surface area contributed by atoms with Gasteiger partial charge in [0.2, 0.25) is 11.8 Å². The fourth-order valence-electron chi connectivity index (χ4n) is 3.63. The molecule has 1 fully saturated rings. The number of nitrogens with zero attached hydrogens (tertiary/aromatic N) is 4. The van der Waals surface area contributed by atoms with Gasteiger partial charge in [-0.15, -0.1) is 0 Å². The lowest BCUT2D eigenvalue weighted by Gasteiger charge is -2.14. The third-order valence-corrected chi connectivity index (χ3v) is 6.56. The molecule has 2 heterocycles. The summed E-state index contributed by atoms with van der Waals surface area (Å²) < 4.78 is 35.2. The zero-order chi connectivity index (χ0) is 22.7. The molecule has 1 aromatic carbocycles. The maximum atomic E-state index is 12.7. The molecule has 2 aromatic heterocycles. The van der Waals surface area contributed by atoms with Gasteiger partial charge >= 0.3 is 0 Å². The number of carbonyl (C=O) groups is 1. The molecule has 1 aliphatic rings. The summed E-state index contributed by atoms with van der Waals surface area (Å²) in [5.74, 6) is 0.648. The normalized spacial score (nSPS) is 14.3. The first kappa shape index (κ1) is 21.8. The lowest BCUT2D eigenvalue weighted by atomic mass is 10.0. The number of nitrogens with one attached hydrogen (secondary N) is 2. The molecule has 0 radical (unpaired) electrons. The van der Waals surface area contributed by atoms with Crippen molar-refractivity contribution in [3.05, 3.63) is 54.0 Å². The van der Waals surface area contributed by atoms with E-state index in [4.69, 9.17) is 4.74 Å². The van der Waals surface area contributed by atoms with Crippen LogP contribution in [0.1, 0.15) is 47.7 Å². The highest BCUT2D eigenvalue weighted by atomic mass is 32.2. The number of rotatable bonds is 7. The number of benzene rings is 1. The smallest absolute Gasteiger partial charge is 0.267 e. The molecule has 0 spiro atoms. The van der Waals surface area contributed by atoms with Gasteiger partial charge < -0.3 is 10.1 Å². The van der Waals surface area contributed by atoms with Crippen molar-refractivity contribution in [3.8, 4) is 11.6 Å². The number of hydrogen-bond acceptors (Lipinski definition) is 7. The van der Waals surface area contributed by atoms with Crippen molar-refractivity contribution in [1.29, 1.82) is 0 Å². The van der Waals surface area contributed by atoms with Gasteiger partial charge in [0.1, 0.15) is 10.6 Å². The predicted molar refractivity (Wildman–Crippen MR) is 117 cm³/mol. The molecule has 3 aromatic rings. The van der Waals surface area contributed by atoms with Crippen LogP contribution in [0, 0.1) is 0 Å². The first-order chi connectivity index (χ1) is 15.3. The number of carbonyl (C=O) groups excluding carboxylic acids is 1. The summed E-state index contributed by atoms with van der Waals surface area (Å²) in [6, 6.07) is 8.33. The Morgan fingerprint density at radius 2 is 1.88 bits per heavy atom. The van der Waals surface area contributed by atoms with Gasteiger partial charge in [-0.25, -0.2) is 18.1 Å². The van der Waals surface area contributed by atoms with Crippen molar-refractivity contribution >= 4 is 21.9 Å². The van der Waals surface area contributed by atoms with Crippen LogP contribution in [-0.4, -0.2) is 41.1 Å². The fourth-order valence-corrected chi connectivity index (χ4v) is 4.55. The van der Waals surface area contributed by atoms with Gasteiger partial charge in [0.15, 0.2) is 0 Å². The van der Waals surface area contributed by atoms with Crippen molar-refractivity contribution < 1.29 is 17.9 Å². The van der Waals surface area contributed by atoms with Crippen LogP contribution >= 0.6 is 0 Å². The average Bonchev–Trinajstić information content (AvgIpc) is 3.45. The van der Waals surface area contributed by atoms with Gasteiger partial charge in [0.25, 0.3) is 15.9 Å². The van der Waals surface area contributed by atoms with Crippen LogP contribution in [0.15, 0.2) is 47.6 Å². The summed E-state index contributed by atoms with van der Waals surface area (Å²) in [4.78, 5) is 20.5. The van der Waals surface area contributed by atoms with E-state index in [0.29, 0.717) is 11.3 Å². The number of anilines is 1. The highest BCUT2D eigenvalue weighted by molar-refractivity contribution is 7.92. The molecular formula is C21H24N6O4S. The van der Waals surface area contributed by atoms with Gasteiger partial charge in [-0.1, -0.05) is 12.8 Å². The molecule has 0 aliphatic heterocycles. The van der Waals surface area contributed by atoms with Crippen molar-refractivity contribution in [3.63, 3.8) is 0 Å². The van der Waals surface area contributed by atoms with E-state index in [9.17, 15) is 13.2 Å². The second-order valence-electron chi connectivity index (χ2n) is 7.60. The minimum Gasteiger partial charge on any atom is -0.439 e. The molecule has 32 heavy (non-hydrogen) atoms. The van der Waals surface area contributed by atoms with E-state index in [1.165, 1.54) is 17.1 Å². The van der Waals surface area contributed by atoms with Gasteiger partial charge in [-0.2, -0.15) is 10.1 Å². The van der Waals surface area contributed by atoms with Gasteiger partial charge in [0, 0.05) is 37.8 Å². The summed E-state index contributed by atoms with van der Waals surface area (Å²) in [6.45, 7) is 0. The molecule has 0 unspecified atom stereocenters. The molecule has 168 valence electrons. The van der Waals surface area contributed by atoms with Crippen LogP contribution in [-0.2, 0) is 17.1 Å². The molecule has 0 saturated heterocycles. The highest BCUT2D eigenvalue weighted by Gasteiger charge is 2.23. The Balaban J connectivity index is 1.63. The van der Waals surface area contributed by atoms with E-state index in [0.717, 1.165) is 31.4 Å². The molecule has 10 nitrogen and oxygen atoms in total. The number of sulfonamides is 1. The van der Waals surface area contributed by atoms with Crippen LogP contribution in [0.5, 0.6) is 11.6 Å². The number of hydrogen-bond donors (Lipinski definition) is 2.